The smallest absolute Gasteiger partial charge is 0.321 e. The topological polar surface area (TPSA) is 102 Å². The Labute approximate surface area is 133 Å². The van der Waals surface area contributed by atoms with Gasteiger partial charge in [0, 0.05) is 11.6 Å². The van der Waals surface area contributed by atoms with Crippen LogP contribution in [0.25, 0.3) is 11.4 Å². The molecule has 1 saturated carbocycles. The summed E-state index contributed by atoms with van der Waals surface area (Å²) in [5.74, 6) is -0.0312. The molecule has 1 aromatic heterocycles. The van der Waals surface area contributed by atoms with E-state index in [9.17, 15) is 9.59 Å². The average molecular weight is 314 g/mol. The van der Waals surface area contributed by atoms with Gasteiger partial charge in [0.05, 0.1) is 0 Å². The van der Waals surface area contributed by atoms with Crippen molar-refractivity contribution in [3.63, 3.8) is 0 Å². The van der Waals surface area contributed by atoms with Gasteiger partial charge >= 0.3 is 6.03 Å². The third-order valence-corrected chi connectivity index (χ3v) is 3.52. The monoisotopic (exact) mass is 314 g/mol. The Kier molecular flexibility index (Phi) is 4.31. The Morgan fingerprint density at radius 3 is 2.65 bits per heavy atom. The van der Waals surface area contributed by atoms with Crippen LogP contribution < -0.4 is 10.6 Å². The number of rotatable bonds is 5. The van der Waals surface area contributed by atoms with Crippen LogP contribution in [0, 0.1) is 0 Å². The Morgan fingerprint density at radius 2 is 2.00 bits per heavy atom. The Bertz CT molecular complexity index is 705. The Hall–Kier alpha value is -2.77. The second-order valence-electron chi connectivity index (χ2n) is 5.49. The van der Waals surface area contributed by atoms with Crippen LogP contribution in [0.4, 0.5) is 4.79 Å². The lowest BCUT2D eigenvalue weighted by atomic mass is 10.1. The van der Waals surface area contributed by atoms with E-state index in [0.29, 0.717) is 5.82 Å². The van der Waals surface area contributed by atoms with Crippen LogP contribution in [-0.4, -0.2) is 38.2 Å². The minimum atomic E-state index is -0.479. The first-order valence-corrected chi connectivity index (χ1v) is 7.61. The highest BCUT2D eigenvalue weighted by Crippen LogP contribution is 2.18. The number of aromatic nitrogens is 4. The first-order valence-electron chi connectivity index (χ1n) is 7.61. The predicted octanol–water partition coefficient (Wildman–Crippen LogP) is 0.891. The van der Waals surface area contributed by atoms with Gasteiger partial charge < -0.3 is 5.32 Å². The Morgan fingerprint density at radius 1 is 1.26 bits per heavy atom. The molecule has 8 nitrogen and oxygen atoms in total. The van der Waals surface area contributed by atoms with Gasteiger partial charge in [-0.15, -0.1) is 10.2 Å². The molecule has 120 valence electrons. The maximum absolute atomic E-state index is 11.8. The molecule has 0 atom stereocenters. The maximum Gasteiger partial charge on any atom is 0.321 e. The molecule has 1 aromatic carbocycles. The number of amides is 3. The fraction of sp³-hybridized carbons (Fsp3) is 0.400. The van der Waals surface area contributed by atoms with Crippen LogP contribution in [-0.2, 0) is 17.8 Å². The van der Waals surface area contributed by atoms with Crippen molar-refractivity contribution in [2.75, 3.05) is 0 Å². The average Bonchev–Trinajstić information content (AvgIpc) is 3.22. The number of tetrazole rings is 1. The van der Waals surface area contributed by atoms with Gasteiger partial charge in [0.1, 0.15) is 6.54 Å². The summed E-state index contributed by atoms with van der Waals surface area (Å²) < 4.78 is 0. The molecule has 3 rings (SSSR count). The normalized spacial score (nSPS) is 13.6. The van der Waals surface area contributed by atoms with Crippen LogP contribution in [0.1, 0.15) is 25.3 Å². The molecule has 1 aliphatic carbocycles. The Balaban J connectivity index is 1.57. The standard InChI is InChI=1S/C15H18N6O2/c1-2-10-3-5-11(6-4-10)14-18-20-21(19-14)9-13(22)17-15(23)16-12-7-8-12/h3-6,12H,2,7-9H2,1H3,(H2,16,17,22,23). The molecule has 0 bridgehead atoms. The fourth-order valence-electron chi connectivity index (χ4n) is 2.06. The number of benzene rings is 1. The molecule has 1 heterocycles. The number of hydrogen-bond donors (Lipinski definition) is 2. The van der Waals surface area contributed by atoms with Gasteiger partial charge in [-0.25, -0.2) is 4.79 Å². The molecule has 2 N–H and O–H groups in total. The van der Waals surface area contributed by atoms with Crippen molar-refractivity contribution in [1.82, 2.24) is 30.8 Å². The van der Waals surface area contributed by atoms with Gasteiger partial charge in [-0.2, -0.15) is 4.80 Å². The van der Waals surface area contributed by atoms with E-state index >= 15 is 0 Å². The van der Waals surface area contributed by atoms with E-state index in [0.717, 1.165) is 24.8 Å². The second kappa shape index (κ2) is 6.55. The summed E-state index contributed by atoms with van der Waals surface area (Å²) in [4.78, 5) is 24.4. The molecule has 0 saturated heterocycles. The number of imide groups is 1. The first-order chi connectivity index (χ1) is 11.1. The molecule has 0 radical (unpaired) electrons. The lowest BCUT2D eigenvalue weighted by Gasteiger charge is -2.04. The molecule has 2 aromatic rings. The van der Waals surface area contributed by atoms with Gasteiger partial charge in [0.25, 0.3) is 5.91 Å². The number of carbonyl (C=O) groups excluding carboxylic acids is 2. The van der Waals surface area contributed by atoms with Crippen molar-refractivity contribution in [1.29, 1.82) is 0 Å². The van der Waals surface area contributed by atoms with Crippen LogP contribution in [0.5, 0.6) is 0 Å². The van der Waals surface area contributed by atoms with E-state index in [1.165, 1.54) is 10.4 Å². The van der Waals surface area contributed by atoms with E-state index < -0.39 is 11.9 Å². The highest BCUT2D eigenvalue weighted by molar-refractivity contribution is 5.94. The summed E-state index contributed by atoms with van der Waals surface area (Å²) in [5.41, 5.74) is 2.06. The molecule has 1 aliphatic rings. The van der Waals surface area contributed by atoms with E-state index in [-0.39, 0.29) is 12.6 Å². The highest BCUT2D eigenvalue weighted by atomic mass is 16.2. The molecule has 1 fully saturated rings. The molecule has 0 unspecified atom stereocenters. The van der Waals surface area contributed by atoms with Crippen LogP contribution in [0.15, 0.2) is 24.3 Å². The molecule has 23 heavy (non-hydrogen) atoms. The van der Waals surface area contributed by atoms with Gasteiger partial charge in [0.15, 0.2) is 0 Å². The van der Waals surface area contributed by atoms with Crippen molar-refractivity contribution in [3.8, 4) is 11.4 Å². The highest BCUT2D eigenvalue weighted by Gasteiger charge is 2.24. The predicted molar refractivity (Wildman–Crippen MR) is 82.3 cm³/mol. The van der Waals surface area contributed by atoms with Crippen molar-refractivity contribution >= 4 is 11.9 Å². The largest absolute Gasteiger partial charge is 0.335 e. The third-order valence-electron chi connectivity index (χ3n) is 3.52. The summed E-state index contributed by atoms with van der Waals surface area (Å²) in [7, 11) is 0. The minimum absolute atomic E-state index is 0.155. The number of carbonyl (C=O) groups is 2. The minimum Gasteiger partial charge on any atom is -0.335 e. The number of nitrogens with zero attached hydrogens (tertiary/aromatic N) is 4. The maximum atomic E-state index is 11.8. The van der Waals surface area contributed by atoms with E-state index in [1.54, 1.807) is 0 Å². The number of nitrogens with one attached hydrogen (secondary N) is 2. The number of hydrogen-bond acceptors (Lipinski definition) is 5. The molecule has 3 amide bonds. The summed E-state index contributed by atoms with van der Waals surface area (Å²) in [6.45, 7) is 1.93. The van der Waals surface area contributed by atoms with Gasteiger partial charge in [-0.3, -0.25) is 10.1 Å². The van der Waals surface area contributed by atoms with Crippen LogP contribution >= 0.6 is 0 Å². The zero-order valence-corrected chi connectivity index (χ0v) is 12.8. The molecular weight excluding hydrogens is 296 g/mol. The molecule has 8 heteroatoms. The van der Waals surface area contributed by atoms with Gasteiger partial charge in [0.2, 0.25) is 5.82 Å². The fourth-order valence-corrected chi connectivity index (χ4v) is 2.06. The lowest BCUT2D eigenvalue weighted by Crippen LogP contribution is -2.42. The summed E-state index contributed by atoms with van der Waals surface area (Å²) in [6, 6.07) is 7.57. The van der Waals surface area contributed by atoms with Crippen molar-refractivity contribution < 1.29 is 9.59 Å². The van der Waals surface area contributed by atoms with Crippen molar-refractivity contribution in [2.45, 2.75) is 38.8 Å². The molecule has 0 spiro atoms. The second-order valence-corrected chi connectivity index (χ2v) is 5.49. The number of aryl methyl sites for hydroxylation is 1. The molecule has 0 aliphatic heterocycles. The van der Waals surface area contributed by atoms with Gasteiger partial charge in [-0.05, 0) is 30.0 Å². The summed E-state index contributed by atoms with van der Waals surface area (Å²) in [5, 5.41) is 16.9. The lowest BCUT2D eigenvalue weighted by molar-refractivity contribution is -0.121. The van der Waals surface area contributed by atoms with E-state index in [4.69, 9.17) is 0 Å². The molecular formula is C15H18N6O2. The number of urea groups is 1. The SMILES string of the molecule is CCc1ccc(-c2nnn(CC(=O)NC(=O)NC3CC3)n2)cc1. The summed E-state index contributed by atoms with van der Waals surface area (Å²) in [6.07, 6.45) is 2.89. The van der Waals surface area contributed by atoms with Gasteiger partial charge in [-0.1, -0.05) is 31.2 Å². The zero-order chi connectivity index (χ0) is 16.2. The zero-order valence-electron chi connectivity index (χ0n) is 12.8. The third kappa shape index (κ3) is 4.12. The van der Waals surface area contributed by atoms with E-state index in [2.05, 4.69) is 33.0 Å². The quantitative estimate of drug-likeness (QED) is 0.853. The van der Waals surface area contributed by atoms with E-state index in [1.807, 2.05) is 24.3 Å². The van der Waals surface area contributed by atoms with Crippen LogP contribution in [0.3, 0.4) is 0 Å². The van der Waals surface area contributed by atoms with Crippen LogP contribution in [0.2, 0.25) is 0 Å². The summed E-state index contributed by atoms with van der Waals surface area (Å²) >= 11 is 0. The van der Waals surface area contributed by atoms with Crippen molar-refractivity contribution in [3.05, 3.63) is 29.8 Å². The first kappa shape index (κ1) is 15.1. The van der Waals surface area contributed by atoms with Crippen molar-refractivity contribution in [2.24, 2.45) is 0 Å².